The summed E-state index contributed by atoms with van der Waals surface area (Å²) >= 11 is 0. The summed E-state index contributed by atoms with van der Waals surface area (Å²) in [6, 6.07) is 3.40. The van der Waals surface area contributed by atoms with Gasteiger partial charge in [-0.1, -0.05) is 18.2 Å². The van der Waals surface area contributed by atoms with Crippen molar-refractivity contribution in [2.75, 3.05) is 24.7 Å². The second-order valence-electron chi connectivity index (χ2n) is 9.50. The lowest BCUT2D eigenvalue weighted by Gasteiger charge is -2.20. The molecule has 33 heavy (non-hydrogen) atoms. The summed E-state index contributed by atoms with van der Waals surface area (Å²) in [5, 5.41) is 12.0. The highest BCUT2D eigenvalue weighted by Gasteiger charge is 2.47. The maximum Gasteiger partial charge on any atom is 0.325 e. The highest BCUT2D eigenvalue weighted by Crippen LogP contribution is 2.50. The van der Waals surface area contributed by atoms with Crippen LogP contribution in [0, 0.1) is 5.82 Å². The first kappa shape index (κ1) is 25.2. The predicted octanol–water partition coefficient (Wildman–Crippen LogP) is 2.31. The van der Waals surface area contributed by atoms with E-state index in [0.717, 1.165) is 0 Å². The highest BCUT2D eigenvalue weighted by atomic mass is 32.2. The molecule has 1 saturated carbocycles. The fraction of sp³-hybridized carbons (Fsp3) is 0.565. The van der Waals surface area contributed by atoms with E-state index in [1.807, 2.05) is 0 Å². The number of carbonyl (C=O) groups is 2. The van der Waals surface area contributed by atoms with Crippen LogP contribution in [0.2, 0.25) is 0 Å². The number of ether oxygens (including phenoxy) is 1. The average molecular weight is 483 g/mol. The number of rotatable bonds is 11. The Labute approximate surface area is 193 Å². The first-order valence-electron chi connectivity index (χ1n) is 10.9. The quantitative estimate of drug-likeness (QED) is 0.370. The third-order valence-electron chi connectivity index (χ3n) is 5.88. The summed E-state index contributed by atoms with van der Waals surface area (Å²) in [6.45, 7) is 4.88. The summed E-state index contributed by atoms with van der Waals surface area (Å²) in [6.07, 6.45) is 5.05. The number of benzene rings is 1. The number of aliphatic hydroxyl groups is 1. The molecule has 1 heterocycles. The van der Waals surface area contributed by atoms with E-state index in [4.69, 9.17) is 4.74 Å². The van der Waals surface area contributed by atoms with Crippen molar-refractivity contribution in [1.29, 1.82) is 0 Å². The van der Waals surface area contributed by atoms with Gasteiger partial charge >= 0.3 is 6.03 Å². The SMILES string of the molecule is C[C@H]1C(=O)NC(=O)N1C/C=C/CCS(=O)(=O)CC1(c2ccc(F)c(OCC(C)(C)O)c2)CC1. The van der Waals surface area contributed by atoms with Crippen molar-refractivity contribution in [3.63, 3.8) is 0 Å². The van der Waals surface area contributed by atoms with E-state index in [9.17, 15) is 27.5 Å². The van der Waals surface area contributed by atoms with Crippen LogP contribution < -0.4 is 10.1 Å². The standard InChI is InChI=1S/C23H31FN2O6S/c1-16-20(27)25-21(28)26(16)11-5-4-6-12-33(30,31)15-23(9-10-23)17-7-8-18(24)19(13-17)32-14-22(2,3)29/h4-5,7-8,13,16,29H,6,9-12,14-15H2,1-3H3,(H,25,27,28)/b5-4+/t16-/m0/s1. The highest BCUT2D eigenvalue weighted by molar-refractivity contribution is 7.91. The Balaban J connectivity index is 1.56. The van der Waals surface area contributed by atoms with Gasteiger partial charge in [0, 0.05) is 12.0 Å². The van der Waals surface area contributed by atoms with Gasteiger partial charge in [-0.3, -0.25) is 10.1 Å². The molecule has 1 aromatic carbocycles. The number of amides is 3. The molecule has 1 aromatic rings. The lowest BCUT2D eigenvalue weighted by atomic mass is 9.98. The summed E-state index contributed by atoms with van der Waals surface area (Å²) < 4.78 is 45.0. The Bertz CT molecular complexity index is 1040. The van der Waals surface area contributed by atoms with E-state index in [2.05, 4.69) is 5.32 Å². The maximum absolute atomic E-state index is 14.1. The molecule has 0 spiro atoms. The van der Waals surface area contributed by atoms with Gasteiger partial charge < -0.3 is 14.7 Å². The van der Waals surface area contributed by atoms with Crippen LogP contribution in [0.3, 0.4) is 0 Å². The minimum absolute atomic E-state index is 0.000101. The molecule has 0 unspecified atom stereocenters. The van der Waals surface area contributed by atoms with Gasteiger partial charge in [0.25, 0.3) is 5.91 Å². The van der Waals surface area contributed by atoms with E-state index in [0.29, 0.717) is 24.8 Å². The second kappa shape index (κ2) is 9.42. The topological polar surface area (TPSA) is 113 Å². The molecule has 0 bridgehead atoms. The average Bonchev–Trinajstić information content (AvgIpc) is 3.43. The molecule has 2 N–H and O–H groups in total. The first-order chi connectivity index (χ1) is 15.3. The van der Waals surface area contributed by atoms with Crippen molar-refractivity contribution in [2.45, 2.75) is 57.1 Å². The predicted molar refractivity (Wildman–Crippen MR) is 121 cm³/mol. The Kier molecular flexibility index (Phi) is 7.18. The Morgan fingerprint density at radius 3 is 2.58 bits per heavy atom. The number of hydrogen-bond acceptors (Lipinski definition) is 6. The molecule has 182 valence electrons. The van der Waals surface area contributed by atoms with Crippen LogP contribution in [0.25, 0.3) is 0 Å². The van der Waals surface area contributed by atoms with Gasteiger partial charge in [-0.15, -0.1) is 0 Å². The monoisotopic (exact) mass is 482 g/mol. The smallest absolute Gasteiger partial charge is 0.325 e. The summed E-state index contributed by atoms with van der Waals surface area (Å²) in [5.41, 5.74) is -0.956. The zero-order valence-electron chi connectivity index (χ0n) is 19.1. The van der Waals surface area contributed by atoms with Gasteiger partial charge in [-0.2, -0.15) is 0 Å². The van der Waals surface area contributed by atoms with Gasteiger partial charge in [0.1, 0.15) is 12.6 Å². The van der Waals surface area contributed by atoms with E-state index in [1.54, 1.807) is 39.0 Å². The van der Waals surface area contributed by atoms with E-state index < -0.39 is 38.7 Å². The van der Waals surface area contributed by atoms with Crippen LogP contribution in [-0.2, 0) is 20.0 Å². The normalized spacial score (nSPS) is 20.4. The number of urea groups is 1. The summed E-state index contributed by atoms with van der Waals surface area (Å²) in [7, 11) is -3.39. The molecule has 1 atom stereocenters. The number of nitrogens with one attached hydrogen (secondary N) is 1. The largest absolute Gasteiger partial charge is 0.488 e. The molecular formula is C23H31FN2O6S. The van der Waals surface area contributed by atoms with Crippen LogP contribution >= 0.6 is 0 Å². The fourth-order valence-corrected chi connectivity index (χ4v) is 5.69. The van der Waals surface area contributed by atoms with Crippen molar-refractivity contribution >= 4 is 21.8 Å². The molecule has 1 saturated heterocycles. The summed E-state index contributed by atoms with van der Waals surface area (Å²) in [4.78, 5) is 24.5. The number of allylic oxidation sites excluding steroid dienone is 1. The minimum atomic E-state index is -3.39. The molecule has 8 nitrogen and oxygen atoms in total. The molecule has 1 aliphatic heterocycles. The van der Waals surface area contributed by atoms with E-state index in [-0.39, 0.29) is 36.3 Å². The van der Waals surface area contributed by atoms with Crippen molar-refractivity contribution < 1.29 is 32.2 Å². The van der Waals surface area contributed by atoms with Crippen LogP contribution in [0.15, 0.2) is 30.4 Å². The fourth-order valence-electron chi connectivity index (χ4n) is 3.75. The molecular weight excluding hydrogens is 451 g/mol. The van der Waals surface area contributed by atoms with Crippen molar-refractivity contribution in [1.82, 2.24) is 10.2 Å². The maximum atomic E-state index is 14.1. The molecule has 1 aliphatic carbocycles. The molecule has 10 heteroatoms. The van der Waals surface area contributed by atoms with Crippen LogP contribution in [0.5, 0.6) is 5.75 Å². The van der Waals surface area contributed by atoms with Crippen LogP contribution in [-0.4, -0.2) is 66.7 Å². The number of sulfone groups is 1. The van der Waals surface area contributed by atoms with E-state index >= 15 is 0 Å². The summed E-state index contributed by atoms with van der Waals surface area (Å²) in [5.74, 6) is -0.992. The number of nitrogens with zero attached hydrogens (tertiary/aromatic N) is 1. The van der Waals surface area contributed by atoms with Gasteiger partial charge in [-0.25, -0.2) is 17.6 Å². The van der Waals surface area contributed by atoms with Crippen molar-refractivity contribution in [2.24, 2.45) is 0 Å². The Hall–Kier alpha value is -2.46. The molecule has 3 rings (SSSR count). The lowest BCUT2D eigenvalue weighted by molar-refractivity contribution is -0.120. The number of carbonyl (C=O) groups excluding carboxylic acids is 2. The minimum Gasteiger partial charge on any atom is -0.488 e. The molecule has 0 aromatic heterocycles. The number of halogens is 1. The van der Waals surface area contributed by atoms with Gasteiger partial charge in [0.2, 0.25) is 0 Å². The van der Waals surface area contributed by atoms with Gasteiger partial charge in [0.15, 0.2) is 21.4 Å². The zero-order valence-corrected chi connectivity index (χ0v) is 20.0. The van der Waals surface area contributed by atoms with Crippen LogP contribution in [0.1, 0.15) is 45.6 Å². The van der Waals surface area contributed by atoms with E-state index in [1.165, 1.54) is 17.0 Å². The number of hydrogen-bond donors (Lipinski definition) is 2. The third kappa shape index (κ3) is 6.54. The molecule has 2 aliphatic rings. The van der Waals surface area contributed by atoms with Crippen molar-refractivity contribution in [3.05, 3.63) is 41.7 Å². The third-order valence-corrected chi connectivity index (χ3v) is 7.73. The lowest BCUT2D eigenvalue weighted by Crippen LogP contribution is -2.32. The number of imide groups is 1. The zero-order chi connectivity index (χ0) is 24.4. The Morgan fingerprint density at radius 1 is 1.30 bits per heavy atom. The molecule has 0 radical (unpaired) electrons. The van der Waals surface area contributed by atoms with Gasteiger partial charge in [-0.05, 0) is 57.7 Å². The molecule has 3 amide bonds. The van der Waals surface area contributed by atoms with Gasteiger partial charge in [0.05, 0.1) is 17.1 Å². The first-order valence-corrected chi connectivity index (χ1v) is 12.8. The van der Waals surface area contributed by atoms with Crippen LogP contribution in [0.4, 0.5) is 9.18 Å². The Morgan fingerprint density at radius 2 is 2.00 bits per heavy atom. The molecule has 2 fully saturated rings. The second-order valence-corrected chi connectivity index (χ2v) is 11.7. The van der Waals surface area contributed by atoms with Crippen molar-refractivity contribution in [3.8, 4) is 5.75 Å².